The number of hydrogen-bond donors (Lipinski definition) is 0. The van der Waals surface area contributed by atoms with Gasteiger partial charge in [0.1, 0.15) is 11.3 Å². The number of fused-ring (bicyclic) bond motifs is 1. The summed E-state index contributed by atoms with van der Waals surface area (Å²) in [6.45, 7) is 9.00. The molecule has 2 fully saturated rings. The van der Waals surface area contributed by atoms with Crippen LogP contribution < -0.4 is 10.4 Å². The van der Waals surface area contributed by atoms with Crippen LogP contribution in [0.3, 0.4) is 0 Å². The number of rotatable bonds is 7. The van der Waals surface area contributed by atoms with Crippen LogP contribution in [0.25, 0.3) is 11.0 Å². The van der Waals surface area contributed by atoms with Crippen LogP contribution in [0.2, 0.25) is 0 Å². The lowest BCUT2D eigenvalue weighted by atomic mass is 10.1. The van der Waals surface area contributed by atoms with E-state index in [1.807, 2.05) is 24.0 Å². The molecule has 31 heavy (non-hydrogen) atoms. The van der Waals surface area contributed by atoms with Crippen LogP contribution in [-0.4, -0.2) is 74.0 Å². The largest absolute Gasteiger partial charge is 0.481 e. The Morgan fingerprint density at radius 3 is 2.61 bits per heavy atom. The normalized spacial score (nSPS) is 19.1. The molecule has 2 aromatic rings. The highest BCUT2D eigenvalue weighted by Crippen LogP contribution is 2.24. The van der Waals surface area contributed by atoms with Crippen LogP contribution in [-0.2, 0) is 20.7 Å². The van der Waals surface area contributed by atoms with Gasteiger partial charge in [0.05, 0.1) is 13.2 Å². The second-order valence-electron chi connectivity index (χ2n) is 7.99. The zero-order chi connectivity index (χ0) is 21.8. The zero-order valence-corrected chi connectivity index (χ0v) is 18.2. The van der Waals surface area contributed by atoms with Gasteiger partial charge in [-0.25, -0.2) is 4.79 Å². The van der Waals surface area contributed by atoms with Crippen molar-refractivity contribution in [2.45, 2.75) is 39.1 Å². The number of piperazine rings is 1. The van der Waals surface area contributed by atoms with Crippen molar-refractivity contribution in [2.75, 3.05) is 45.9 Å². The molecule has 2 aliphatic rings. The second kappa shape index (κ2) is 9.80. The van der Waals surface area contributed by atoms with Crippen molar-refractivity contribution in [1.29, 1.82) is 0 Å². The summed E-state index contributed by atoms with van der Waals surface area (Å²) < 4.78 is 22.2. The lowest BCUT2D eigenvalue weighted by Gasteiger charge is -2.36. The van der Waals surface area contributed by atoms with E-state index < -0.39 is 6.10 Å². The highest BCUT2D eigenvalue weighted by Gasteiger charge is 2.27. The number of carbonyl (C=O) groups excluding carboxylic acids is 1. The Morgan fingerprint density at radius 2 is 1.90 bits per heavy atom. The van der Waals surface area contributed by atoms with Crippen LogP contribution in [0.1, 0.15) is 25.8 Å². The van der Waals surface area contributed by atoms with Crippen LogP contribution in [0.15, 0.2) is 33.5 Å². The number of carbonyl (C=O) groups is 1. The molecule has 1 aromatic heterocycles. The van der Waals surface area contributed by atoms with E-state index in [1.54, 1.807) is 13.0 Å². The molecule has 1 aromatic carbocycles. The average Bonchev–Trinajstić information content (AvgIpc) is 3.30. The number of aryl methyl sites for hydroxylation is 1. The second-order valence-corrected chi connectivity index (χ2v) is 7.99. The fraction of sp³-hybridized carbons (Fsp3) is 0.565. The molecule has 2 saturated heterocycles. The van der Waals surface area contributed by atoms with Crippen molar-refractivity contribution in [3.05, 3.63) is 40.2 Å². The first-order valence-electron chi connectivity index (χ1n) is 11.0. The Balaban J connectivity index is 1.31. The van der Waals surface area contributed by atoms with E-state index in [-0.39, 0.29) is 17.8 Å². The minimum Gasteiger partial charge on any atom is -0.481 e. The van der Waals surface area contributed by atoms with E-state index in [0.29, 0.717) is 37.6 Å². The molecular weight excluding hydrogens is 400 g/mol. The van der Waals surface area contributed by atoms with Crippen LogP contribution in [0, 0.1) is 0 Å². The van der Waals surface area contributed by atoms with Gasteiger partial charge in [-0.3, -0.25) is 9.69 Å². The summed E-state index contributed by atoms with van der Waals surface area (Å²) in [4.78, 5) is 28.8. The Bertz CT molecular complexity index is 960. The summed E-state index contributed by atoms with van der Waals surface area (Å²) in [5.41, 5.74) is 1.03. The molecule has 0 saturated carbocycles. The molecule has 0 N–H and O–H groups in total. The van der Waals surface area contributed by atoms with E-state index in [1.165, 1.54) is 6.07 Å². The highest BCUT2D eigenvalue weighted by atomic mass is 16.7. The molecule has 1 atom stereocenters. The third-order valence-electron chi connectivity index (χ3n) is 5.90. The van der Waals surface area contributed by atoms with E-state index >= 15 is 0 Å². The SMILES string of the molecule is CCc1cc(=O)oc2cc(OC(C)C(=O)N3CCN(CCC4OCCO4)CC3)ccc12. The molecule has 3 heterocycles. The van der Waals surface area contributed by atoms with E-state index in [4.69, 9.17) is 18.6 Å². The highest BCUT2D eigenvalue weighted by molar-refractivity contribution is 5.83. The van der Waals surface area contributed by atoms with E-state index in [9.17, 15) is 9.59 Å². The standard InChI is InChI=1S/C23H30N2O6/c1-3-17-14-21(26)31-20-15-18(4-5-19(17)20)30-16(2)23(27)25-10-8-24(9-11-25)7-6-22-28-12-13-29-22/h4-5,14-16,22H,3,6-13H2,1-2H3. The summed E-state index contributed by atoms with van der Waals surface area (Å²) in [5, 5.41) is 0.887. The Morgan fingerprint density at radius 1 is 1.16 bits per heavy atom. The van der Waals surface area contributed by atoms with Crippen molar-refractivity contribution in [3.63, 3.8) is 0 Å². The summed E-state index contributed by atoms with van der Waals surface area (Å²) in [5.74, 6) is 0.478. The topological polar surface area (TPSA) is 81.5 Å². The Labute approximate surface area is 181 Å². The van der Waals surface area contributed by atoms with Gasteiger partial charge in [-0.1, -0.05) is 6.92 Å². The smallest absolute Gasteiger partial charge is 0.336 e. The van der Waals surface area contributed by atoms with E-state index in [0.717, 1.165) is 43.4 Å². The van der Waals surface area contributed by atoms with Crippen LogP contribution in [0.5, 0.6) is 5.75 Å². The van der Waals surface area contributed by atoms with Crippen molar-refractivity contribution in [2.24, 2.45) is 0 Å². The number of ether oxygens (including phenoxy) is 3. The Kier molecular flexibility index (Phi) is 6.89. The third-order valence-corrected chi connectivity index (χ3v) is 5.90. The molecule has 8 heteroatoms. The minimum absolute atomic E-state index is 0.0361. The Hall–Kier alpha value is -2.42. The summed E-state index contributed by atoms with van der Waals surface area (Å²) in [7, 11) is 0. The average molecular weight is 431 g/mol. The third kappa shape index (κ3) is 5.26. The molecule has 168 valence electrons. The zero-order valence-electron chi connectivity index (χ0n) is 18.2. The lowest BCUT2D eigenvalue weighted by molar-refractivity contribution is -0.139. The van der Waals surface area contributed by atoms with Crippen LogP contribution in [0.4, 0.5) is 0 Å². The van der Waals surface area contributed by atoms with Gasteiger partial charge in [0.25, 0.3) is 5.91 Å². The van der Waals surface area contributed by atoms with Gasteiger partial charge in [-0.05, 0) is 31.0 Å². The van der Waals surface area contributed by atoms with Gasteiger partial charge in [-0.15, -0.1) is 0 Å². The van der Waals surface area contributed by atoms with Gasteiger partial charge >= 0.3 is 5.63 Å². The molecule has 0 bridgehead atoms. The lowest BCUT2D eigenvalue weighted by Crippen LogP contribution is -2.52. The van der Waals surface area contributed by atoms with Crippen molar-refractivity contribution in [1.82, 2.24) is 9.80 Å². The van der Waals surface area contributed by atoms with Crippen molar-refractivity contribution >= 4 is 16.9 Å². The molecule has 8 nitrogen and oxygen atoms in total. The van der Waals surface area contributed by atoms with Gasteiger partial charge < -0.3 is 23.5 Å². The molecule has 0 spiro atoms. The van der Waals surface area contributed by atoms with Gasteiger partial charge in [0.15, 0.2) is 12.4 Å². The van der Waals surface area contributed by atoms with Crippen molar-refractivity contribution in [3.8, 4) is 5.75 Å². The van der Waals surface area contributed by atoms with Crippen LogP contribution >= 0.6 is 0 Å². The first-order valence-corrected chi connectivity index (χ1v) is 11.0. The monoisotopic (exact) mass is 430 g/mol. The predicted octanol–water partition coefficient (Wildman–Crippen LogP) is 2.03. The maximum atomic E-state index is 12.9. The minimum atomic E-state index is -0.620. The summed E-state index contributed by atoms with van der Waals surface area (Å²) in [6, 6.07) is 6.89. The molecule has 0 radical (unpaired) electrons. The fourth-order valence-corrected chi connectivity index (χ4v) is 4.14. The maximum absolute atomic E-state index is 12.9. The number of amides is 1. The fourth-order valence-electron chi connectivity index (χ4n) is 4.14. The molecular formula is C23H30N2O6. The quantitative estimate of drug-likeness (QED) is 0.622. The van der Waals surface area contributed by atoms with Gasteiger partial charge in [0.2, 0.25) is 0 Å². The first-order chi connectivity index (χ1) is 15.0. The molecule has 1 amide bonds. The van der Waals surface area contributed by atoms with Crippen molar-refractivity contribution < 1.29 is 23.4 Å². The van der Waals surface area contributed by atoms with Gasteiger partial charge in [-0.2, -0.15) is 0 Å². The van der Waals surface area contributed by atoms with E-state index in [2.05, 4.69) is 4.90 Å². The number of nitrogens with zero attached hydrogens (tertiary/aromatic N) is 2. The first kappa shape index (κ1) is 21.8. The predicted molar refractivity (Wildman–Crippen MR) is 115 cm³/mol. The number of hydrogen-bond acceptors (Lipinski definition) is 7. The molecule has 1 unspecified atom stereocenters. The molecule has 0 aliphatic carbocycles. The summed E-state index contributed by atoms with van der Waals surface area (Å²) in [6.07, 6.45) is 0.882. The molecule has 2 aliphatic heterocycles. The number of benzene rings is 1. The maximum Gasteiger partial charge on any atom is 0.336 e. The van der Waals surface area contributed by atoms with Gasteiger partial charge in [0, 0.05) is 56.7 Å². The summed E-state index contributed by atoms with van der Waals surface area (Å²) >= 11 is 0. The molecule has 4 rings (SSSR count).